The molecule has 0 N–H and O–H groups in total. The maximum atomic E-state index is 13.5. The van der Waals surface area contributed by atoms with Crippen LogP contribution in [0.5, 0.6) is 0 Å². The third-order valence-corrected chi connectivity index (χ3v) is 2.31. The summed E-state index contributed by atoms with van der Waals surface area (Å²) in [6, 6.07) is 3.86. The van der Waals surface area contributed by atoms with Gasteiger partial charge < -0.3 is 0 Å². The van der Waals surface area contributed by atoms with Crippen molar-refractivity contribution in [3.8, 4) is 0 Å². The van der Waals surface area contributed by atoms with Crippen molar-refractivity contribution < 1.29 is 4.39 Å². The molecule has 0 aliphatic rings. The second-order valence-corrected chi connectivity index (χ2v) is 3.57. The molecule has 0 heterocycles. The van der Waals surface area contributed by atoms with Gasteiger partial charge in [0, 0.05) is 0 Å². The molecular weight excluding hydrogens is 175 g/mol. The second kappa shape index (κ2) is 5.79. The van der Waals surface area contributed by atoms with Crippen LogP contribution in [0.1, 0.15) is 50.3 Å². The molecule has 0 spiro atoms. The van der Waals surface area contributed by atoms with Gasteiger partial charge >= 0.3 is 0 Å². The lowest BCUT2D eigenvalue weighted by Gasteiger charge is -2.10. The Morgan fingerprint density at radius 2 is 1.57 bits per heavy atom. The van der Waals surface area contributed by atoms with Gasteiger partial charge in [-0.25, -0.2) is 4.39 Å². The number of hydrogen-bond donors (Lipinski definition) is 0. The minimum atomic E-state index is -0.0370. The molecule has 0 nitrogen and oxygen atoms in total. The third kappa shape index (κ3) is 2.83. The van der Waals surface area contributed by atoms with Crippen molar-refractivity contribution in [1.82, 2.24) is 0 Å². The van der Waals surface area contributed by atoms with Crippen LogP contribution in [-0.2, 0) is 0 Å². The summed E-state index contributed by atoms with van der Waals surface area (Å²) in [5.41, 5.74) is 2.62. The number of aryl methyl sites for hydroxylation is 1. The van der Waals surface area contributed by atoms with E-state index in [2.05, 4.69) is 0 Å². The highest BCUT2D eigenvalue weighted by molar-refractivity contribution is 5.33. The van der Waals surface area contributed by atoms with Gasteiger partial charge in [0.2, 0.25) is 0 Å². The van der Waals surface area contributed by atoms with Crippen LogP contribution in [0.25, 0.3) is 0 Å². The van der Waals surface area contributed by atoms with Crippen LogP contribution in [0, 0.1) is 19.7 Å². The monoisotopic (exact) mass is 196 g/mol. The third-order valence-electron chi connectivity index (χ3n) is 2.31. The minimum absolute atomic E-state index is 0.0370. The lowest BCUT2D eigenvalue weighted by atomic mass is 9.97. The summed E-state index contributed by atoms with van der Waals surface area (Å²) in [4.78, 5) is 0. The molecule has 1 aromatic rings. The summed E-state index contributed by atoms with van der Waals surface area (Å²) >= 11 is 0. The molecule has 0 aliphatic carbocycles. The highest BCUT2D eigenvalue weighted by Crippen LogP contribution is 2.22. The van der Waals surface area contributed by atoms with Crippen molar-refractivity contribution in [2.45, 2.75) is 47.5 Å². The van der Waals surface area contributed by atoms with Gasteiger partial charge in [-0.05, 0) is 36.5 Å². The van der Waals surface area contributed by atoms with Gasteiger partial charge in [-0.2, -0.15) is 0 Å². The van der Waals surface area contributed by atoms with Crippen LogP contribution >= 0.6 is 0 Å². The molecule has 14 heavy (non-hydrogen) atoms. The SMILES string of the molecule is CC.Cc1ccc(C(C)C)c(F)c1C. The van der Waals surface area contributed by atoms with E-state index in [9.17, 15) is 4.39 Å². The first-order chi connectivity index (χ1) is 6.54. The molecule has 1 rings (SSSR count). The van der Waals surface area contributed by atoms with Gasteiger partial charge in [-0.15, -0.1) is 0 Å². The average Bonchev–Trinajstić information content (AvgIpc) is 2.17. The Morgan fingerprint density at radius 1 is 1.07 bits per heavy atom. The fraction of sp³-hybridized carbons (Fsp3) is 0.538. The fourth-order valence-electron chi connectivity index (χ4n) is 1.25. The topological polar surface area (TPSA) is 0 Å². The molecule has 80 valence electrons. The molecule has 0 amide bonds. The van der Waals surface area contributed by atoms with E-state index in [0.717, 1.165) is 16.7 Å². The Morgan fingerprint density at radius 3 is 2.00 bits per heavy atom. The summed E-state index contributed by atoms with van der Waals surface area (Å²) in [5.74, 6) is 0.231. The molecule has 0 fully saturated rings. The van der Waals surface area contributed by atoms with E-state index in [0.29, 0.717) is 0 Å². The summed E-state index contributed by atoms with van der Waals surface area (Å²) < 4.78 is 13.5. The summed E-state index contributed by atoms with van der Waals surface area (Å²) in [7, 11) is 0. The standard InChI is InChI=1S/C11H15F.C2H6/c1-7(2)10-6-5-8(3)9(4)11(10)12;1-2/h5-7H,1-4H3;1-2H3. The molecule has 1 aromatic carbocycles. The van der Waals surface area contributed by atoms with Crippen LogP contribution in [0.3, 0.4) is 0 Å². The average molecular weight is 196 g/mol. The van der Waals surface area contributed by atoms with Crippen LogP contribution in [0.15, 0.2) is 12.1 Å². The largest absolute Gasteiger partial charge is 0.206 e. The molecule has 0 radical (unpaired) electrons. The molecule has 0 saturated heterocycles. The van der Waals surface area contributed by atoms with Gasteiger partial charge in [-0.3, -0.25) is 0 Å². The Balaban J connectivity index is 0.000000791. The highest BCUT2D eigenvalue weighted by atomic mass is 19.1. The summed E-state index contributed by atoms with van der Waals surface area (Å²) in [5, 5.41) is 0. The lowest BCUT2D eigenvalue weighted by molar-refractivity contribution is 0.588. The van der Waals surface area contributed by atoms with E-state index >= 15 is 0 Å². The number of rotatable bonds is 1. The first-order valence-electron chi connectivity index (χ1n) is 5.29. The first kappa shape index (κ1) is 13.2. The van der Waals surface area contributed by atoms with E-state index in [4.69, 9.17) is 0 Å². The molecule has 0 aromatic heterocycles. The zero-order valence-electron chi connectivity index (χ0n) is 10.1. The Labute approximate surface area is 87.2 Å². The Bertz CT molecular complexity index is 288. The second-order valence-electron chi connectivity index (χ2n) is 3.57. The first-order valence-corrected chi connectivity index (χ1v) is 5.29. The van der Waals surface area contributed by atoms with Crippen LogP contribution < -0.4 is 0 Å². The van der Waals surface area contributed by atoms with Crippen LogP contribution in [0.2, 0.25) is 0 Å². The predicted octanol–water partition coefficient (Wildman–Crippen LogP) is 4.59. The molecule has 0 saturated carbocycles. The van der Waals surface area contributed by atoms with E-state index in [1.165, 1.54) is 0 Å². The number of halogens is 1. The van der Waals surface area contributed by atoms with Gasteiger partial charge in [0.1, 0.15) is 5.82 Å². The maximum Gasteiger partial charge on any atom is 0.129 e. The quantitative estimate of drug-likeness (QED) is 0.616. The van der Waals surface area contributed by atoms with E-state index in [1.807, 2.05) is 53.7 Å². The Kier molecular flexibility index (Phi) is 5.44. The van der Waals surface area contributed by atoms with Gasteiger partial charge in [0.25, 0.3) is 0 Å². The van der Waals surface area contributed by atoms with Crippen molar-refractivity contribution in [2.24, 2.45) is 0 Å². The zero-order valence-corrected chi connectivity index (χ0v) is 10.1. The predicted molar refractivity (Wildman–Crippen MR) is 61.3 cm³/mol. The molecule has 0 aliphatic heterocycles. The zero-order chi connectivity index (χ0) is 11.3. The van der Waals surface area contributed by atoms with Crippen molar-refractivity contribution in [1.29, 1.82) is 0 Å². The van der Waals surface area contributed by atoms with Gasteiger partial charge in [0.05, 0.1) is 0 Å². The van der Waals surface area contributed by atoms with Crippen molar-refractivity contribution in [3.05, 3.63) is 34.6 Å². The van der Waals surface area contributed by atoms with Crippen molar-refractivity contribution in [3.63, 3.8) is 0 Å². The van der Waals surface area contributed by atoms with E-state index in [-0.39, 0.29) is 11.7 Å². The van der Waals surface area contributed by atoms with Crippen molar-refractivity contribution in [2.75, 3.05) is 0 Å². The summed E-state index contributed by atoms with van der Waals surface area (Å²) in [6.07, 6.45) is 0. The van der Waals surface area contributed by atoms with Gasteiger partial charge in [0.15, 0.2) is 0 Å². The normalized spacial score (nSPS) is 9.71. The fourth-order valence-corrected chi connectivity index (χ4v) is 1.25. The van der Waals surface area contributed by atoms with Crippen LogP contribution in [0.4, 0.5) is 4.39 Å². The lowest BCUT2D eigenvalue weighted by Crippen LogP contribution is -1.97. The Hall–Kier alpha value is -0.850. The van der Waals surface area contributed by atoms with E-state index < -0.39 is 0 Å². The molecule has 0 atom stereocenters. The number of hydrogen-bond acceptors (Lipinski definition) is 0. The highest BCUT2D eigenvalue weighted by Gasteiger charge is 2.09. The maximum absolute atomic E-state index is 13.5. The van der Waals surface area contributed by atoms with Crippen LogP contribution in [-0.4, -0.2) is 0 Å². The summed E-state index contributed by atoms with van der Waals surface area (Å²) in [6.45, 7) is 11.8. The van der Waals surface area contributed by atoms with Crippen molar-refractivity contribution >= 4 is 0 Å². The molecule has 0 unspecified atom stereocenters. The van der Waals surface area contributed by atoms with E-state index in [1.54, 1.807) is 0 Å². The molecular formula is C13H21F. The number of benzene rings is 1. The minimum Gasteiger partial charge on any atom is -0.206 e. The molecule has 1 heteroatoms. The molecule has 0 bridgehead atoms. The van der Waals surface area contributed by atoms with Gasteiger partial charge in [-0.1, -0.05) is 39.8 Å². The smallest absolute Gasteiger partial charge is 0.129 e.